The van der Waals surface area contributed by atoms with Crippen molar-refractivity contribution in [3.05, 3.63) is 45.3 Å². The molecule has 7 heteroatoms. The fourth-order valence-electron chi connectivity index (χ4n) is 3.56. The van der Waals surface area contributed by atoms with Gasteiger partial charge in [-0.2, -0.15) is 0 Å². The average molecular weight is 364 g/mol. The third-order valence-electron chi connectivity index (χ3n) is 4.62. The van der Waals surface area contributed by atoms with Crippen molar-refractivity contribution in [2.45, 2.75) is 39.3 Å². The van der Waals surface area contributed by atoms with E-state index in [4.69, 9.17) is 4.42 Å². The van der Waals surface area contributed by atoms with Crippen LogP contribution in [0.4, 0.5) is 0 Å². The van der Waals surface area contributed by atoms with Crippen molar-refractivity contribution in [2.75, 3.05) is 19.3 Å². The molecule has 1 saturated heterocycles. The van der Waals surface area contributed by atoms with Crippen LogP contribution in [0.3, 0.4) is 0 Å². The van der Waals surface area contributed by atoms with Crippen molar-refractivity contribution in [1.82, 2.24) is 9.62 Å². The van der Waals surface area contributed by atoms with E-state index < -0.39 is 10.0 Å². The Labute approximate surface area is 147 Å². The van der Waals surface area contributed by atoms with Gasteiger partial charge < -0.3 is 4.42 Å². The molecule has 0 unspecified atom stereocenters. The maximum Gasteiger partial charge on any atom is 0.336 e. The van der Waals surface area contributed by atoms with Crippen LogP contribution in [0.1, 0.15) is 29.5 Å². The van der Waals surface area contributed by atoms with Gasteiger partial charge in [-0.15, -0.1) is 0 Å². The van der Waals surface area contributed by atoms with E-state index in [1.165, 1.54) is 6.26 Å². The first-order valence-corrected chi connectivity index (χ1v) is 10.3. The van der Waals surface area contributed by atoms with Gasteiger partial charge in [0, 0.05) is 37.1 Å². The van der Waals surface area contributed by atoms with E-state index in [0.717, 1.165) is 48.0 Å². The van der Waals surface area contributed by atoms with Gasteiger partial charge in [0.2, 0.25) is 10.0 Å². The second kappa shape index (κ2) is 6.90. The molecular weight excluding hydrogens is 340 g/mol. The Balaban J connectivity index is 1.79. The quantitative estimate of drug-likeness (QED) is 0.839. The second-order valence-corrected chi connectivity index (χ2v) is 8.77. The first kappa shape index (κ1) is 18.1. The molecule has 25 heavy (non-hydrogen) atoms. The maximum atomic E-state index is 11.9. The highest BCUT2D eigenvalue weighted by Crippen LogP contribution is 2.24. The van der Waals surface area contributed by atoms with Crippen LogP contribution in [0.5, 0.6) is 0 Å². The number of nitrogens with zero attached hydrogens (tertiary/aromatic N) is 1. The smallest absolute Gasteiger partial charge is 0.336 e. The van der Waals surface area contributed by atoms with Crippen molar-refractivity contribution in [2.24, 2.45) is 0 Å². The zero-order valence-corrected chi connectivity index (χ0v) is 15.6. The molecule has 136 valence electrons. The summed E-state index contributed by atoms with van der Waals surface area (Å²) in [7, 11) is -3.17. The van der Waals surface area contributed by atoms with E-state index in [1.807, 2.05) is 19.9 Å². The van der Waals surface area contributed by atoms with Crippen molar-refractivity contribution >= 4 is 21.0 Å². The molecule has 1 aromatic heterocycles. The number of fused-ring (bicyclic) bond motifs is 1. The number of aryl methyl sites for hydroxylation is 2. The zero-order chi connectivity index (χ0) is 18.2. The molecule has 1 aliphatic heterocycles. The molecule has 0 aliphatic carbocycles. The van der Waals surface area contributed by atoms with Crippen LogP contribution in [0.25, 0.3) is 11.0 Å². The maximum absolute atomic E-state index is 11.9. The Bertz CT molecular complexity index is 941. The minimum Gasteiger partial charge on any atom is -0.422 e. The van der Waals surface area contributed by atoms with Gasteiger partial charge in [0.15, 0.2) is 0 Å². The van der Waals surface area contributed by atoms with E-state index in [-0.39, 0.29) is 11.7 Å². The molecule has 3 rings (SSSR count). The predicted octanol–water partition coefficient (Wildman–Crippen LogP) is 1.92. The lowest BCUT2D eigenvalue weighted by Crippen LogP contribution is -2.44. The van der Waals surface area contributed by atoms with Gasteiger partial charge in [0.05, 0.1) is 6.26 Å². The number of hydrogen-bond donors (Lipinski definition) is 1. The minimum absolute atomic E-state index is 0.00618. The lowest BCUT2D eigenvalue weighted by molar-refractivity contribution is 0.200. The molecule has 1 N–H and O–H groups in total. The van der Waals surface area contributed by atoms with Crippen LogP contribution >= 0.6 is 0 Å². The van der Waals surface area contributed by atoms with Crippen LogP contribution in [0.15, 0.2) is 27.4 Å². The van der Waals surface area contributed by atoms with Crippen molar-refractivity contribution in [3.8, 4) is 0 Å². The lowest BCUT2D eigenvalue weighted by atomic mass is 10.0. The molecule has 1 aromatic carbocycles. The second-order valence-electron chi connectivity index (χ2n) is 6.99. The monoisotopic (exact) mass is 364 g/mol. The predicted molar refractivity (Wildman–Crippen MR) is 98.2 cm³/mol. The summed E-state index contributed by atoms with van der Waals surface area (Å²) in [4.78, 5) is 14.2. The summed E-state index contributed by atoms with van der Waals surface area (Å²) >= 11 is 0. The number of sulfonamides is 1. The molecule has 6 nitrogen and oxygen atoms in total. The Kier molecular flexibility index (Phi) is 4.99. The van der Waals surface area contributed by atoms with Crippen molar-refractivity contribution in [3.63, 3.8) is 0 Å². The molecular formula is C18H24N2O4S. The summed E-state index contributed by atoms with van der Waals surface area (Å²) in [6.45, 7) is 6.23. The lowest BCUT2D eigenvalue weighted by Gasteiger charge is -2.32. The van der Waals surface area contributed by atoms with E-state index in [2.05, 4.69) is 15.7 Å². The van der Waals surface area contributed by atoms with E-state index >= 15 is 0 Å². The minimum atomic E-state index is -3.17. The zero-order valence-electron chi connectivity index (χ0n) is 14.8. The summed E-state index contributed by atoms with van der Waals surface area (Å²) in [6.07, 6.45) is 2.73. The third kappa shape index (κ3) is 4.48. The van der Waals surface area contributed by atoms with Gasteiger partial charge in [-0.1, -0.05) is 6.07 Å². The molecule has 2 heterocycles. The first-order valence-electron chi connectivity index (χ1n) is 8.45. The standard InChI is InChI=1S/C18H24N2O4S/c1-12-8-13(2)18-16(9-12)14(10-17(21)24-18)11-20-6-4-15(5-7-20)19-25(3,22)23/h8-10,15,19H,4-7,11H2,1-3H3. The number of hydrogen-bond acceptors (Lipinski definition) is 5. The van der Waals surface area contributed by atoms with Crippen molar-refractivity contribution in [1.29, 1.82) is 0 Å². The van der Waals surface area contributed by atoms with Gasteiger partial charge in [0.1, 0.15) is 5.58 Å². The number of piperidine rings is 1. The number of rotatable bonds is 4. The highest BCUT2D eigenvalue weighted by Gasteiger charge is 2.22. The summed E-state index contributed by atoms with van der Waals surface area (Å²) in [5, 5.41) is 0.980. The van der Waals surface area contributed by atoms with Gasteiger partial charge in [0.25, 0.3) is 0 Å². The fraction of sp³-hybridized carbons (Fsp3) is 0.500. The summed E-state index contributed by atoms with van der Waals surface area (Å²) in [6, 6.07) is 5.63. The highest BCUT2D eigenvalue weighted by molar-refractivity contribution is 7.88. The normalized spacial score (nSPS) is 17.2. The molecule has 0 saturated carbocycles. The molecule has 0 atom stereocenters. The Morgan fingerprint density at radius 1 is 1.20 bits per heavy atom. The largest absolute Gasteiger partial charge is 0.422 e. The van der Waals surface area contributed by atoms with Gasteiger partial charge in [-0.3, -0.25) is 4.90 Å². The average Bonchev–Trinajstić information content (AvgIpc) is 2.49. The Morgan fingerprint density at radius 2 is 1.88 bits per heavy atom. The van der Waals surface area contributed by atoms with Crippen LogP contribution in [0, 0.1) is 13.8 Å². The van der Waals surface area contributed by atoms with E-state index in [9.17, 15) is 13.2 Å². The molecule has 2 aromatic rings. The van der Waals surface area contributed by atoms with Gasteiger partial charge in [-0.25, -0.2) is 17.9 Å². The van der Waals surface area contributed by atoms with Crippen LogP contribution in [-0.4, -0.2) is 38.7 Å². The first-order chi connectivity index (χ1) is 11.7. The fourth-order valence-corrected chi connectivity index (χ4v) is 4.40. The molecule has 0 bridgehead atoms. The Hall–Kier alpha value is -1.70. The topological polar surface area (TPSA) is 79.6 Å². The summed E-state index contributed by atoms with van der Waals surface area (Å²) in [5.41, 5.74) is 3.39. The molecule has 1 aliphatic rings. The number of benzene rings is 1. The van der Waals surface area contributed by atoms with Crippen LogP contribution < -0.4 is 10.3 Å². The number of likely N-dealkylation sites (tertiary alicyclic amines) is 1. The molecule has 1 fully saturated rings. The van der Waals surface area contributed by atoms with Crippen molar-refractivity contribution < 1.29 is 12.8 Å². The van der Waals surface area contributed by atoms with Crippen LogP contribution in [-0.2, 0) is 16.6 Å². The SMILES string of the molecule is Cc1cc(C)c2oc(=O)cc(CN3CCC(NS(C)(=O)=O)CC3)c2c1. The number of nitrogens with one attached hydrogen (secondary N) is 1. The van der Waals surface area contributed by atoms with E-state index in [1.54, 1.807) is 6.07 Å². The molecule has 0 amide bonds. The third-order valence-corrected chi connectivity index (χ3v) is 5.38. The van der Waals surface area contributed by atoms with Crippen LogP contribution in [0.2, 0.25) is 0 Å². The summed E-state index contributed by atoms with van der Waals surface area (Å²) in [5.74, 6) is 0. The van der Waals surface area contributed by atoms with E-state index in [0.29, 0.717) is 12.1 Å². The molecule has 0 radical (unpaired) electrons. The van der Waals surface area contributed by atoms with Gasteiger partial charge in [-0.05, 0) is 49.4 Å². The highest BCUT2D eigenvalue weighted by atomic mass is 32.2. The summed E-state index contributed by atoms with van der Waals surface area (Å²) < 4.78 is 30.8. The Morgan fingerprint density at radius 3 is 2.52 bits per heavy atom. The van der Waals surface area contributed by atoms with Gasteiger partial charge >= 0.3 is 5.63 Å². The molecule has 0 spiro atoms.